The molecule has 0 aliphatic carbocycles. The Kier molecular flexibility index (Phi) is 2.11. The van der Waals surface area contributed by atoms with Crippen LogP contribution in [0.3, 0.4) is 0 Å². The number of hydrogen-bond donors (Lipinski definition) is 1. The third-order valence-electron chi connectivity index (χ3n) is 1.47. The Hall–Kier alpha value is -0.770. The average Bonchev–Trinajstić information content (AvgIpc) is 1.85. The van der Waals surface area contributed by atoms with E-state index in [9.17, 15) is 0 Å². The molecule has 1 rings (SSSR count). The first-order valence-corrected chi connectivity index (χ1v) is 3.18. The molecule has 1 saturated heterocycles. The van der Waals surface area contributed by atoms with Gasteiger partial charge in [-0.2, -0.15) is 5.10 Å². The Morgan fingerprint density at radius 1 is 1.80 bits per heavy atom. The summed E-state index contributed by atoms with van der Waals surface area (Å²) in [5, 5.41) is 3.21. The van der Waals surface area contributed by atoms with Crippen LogP contribution in [0.1, 0.15) is 6.92 Å². The highest BCUT2D eigenvalue weighted by atomic mass is 16.5. The third-order valence-corrected chi connectivity index (χ3v) is 1.47. The number of ether oxygens (including phenoxy) is 2. The number of nitrogens with zero attached hydrogens (tertiary/aromatic N) is 1. The molecule has 0 bridgehead atoms. The molecule has 1 aliphatic rings. The van der Waals surface area contributed by atoms with Gasteiger partial charge in [0.25, 0.3) is 0 Å². The molecule has 1 heterocycles. The highest BCUT2D eigenvalue weighted by molar-refractivity contribution is 5.45. The lowest BCUT2D eigenvalue weighted by atomic mass is 9.90. The lowest BCUT2D eigenvalue weighted by Crippen LogP contribution is -2.43. The quantitative estimate of drug-likeness (QED) is 0.261. The van der Waals surface area contributed by atoms with Crippen molar-refractivity contribution in [1.82, 2.24) is 0 Å². The van der Waals surface area contributed by atoms with E-state index in [0.29, 0.717) is 6.61 Å². The Labute approximate surface area is 60.0 Å². The molecule has 1 fully saturated rings. The molecule has 2 N–H and O–H groups in total. The van der Waals surface area contributed by atoms with E-state index < -0.39 is 0 Å². The molecule has 0 atom stereocenters. The molecule has 4 nitrogen and oxygen atoms in total. The topological polar surface area (TPSA) is 56.8 Å². The van der Waals surface area contributed by atoms with Crippen molar-refractivity contribution in [3.63, 3.8) is 0 Å². The Balaban J connectivity index is 2.12. The lowest BCUT2D eigenvalue weighted by Gasteiger charge is -2.36. The predicted octanol–water partition coefficient (Wildman–Crippen LogP) is -0.0585. The van der Waals surface area contributed by atoms with Crippen LogP contribution in [-0.4, -0.2) is 26.2 Å². The van der Waals surface area contributed by atoms with Crippen LogP contribution in [-0.2, 0) is 9.47 Å². The summed E-state index contributed by atoms with van der Waals surface area (Å²) in [5.74, 6) is 4.83. The van der Waals surface area contributed by atoms with Gasteiger partial charge in [0.2, 0.25) is 0 Å². The van der Waals surface area contributed by atoms with Crippen molar-refractivity contribution in [2.24, 2.45) is 16.4 Å². The molecule has 0 radical (unpaired) electrons. The summed E-state index contributed by atoms with van der Waals surface area (Å²) in [4.78, 5) is 0. The molecule has 0 aromatic heterocycles. The standard InChI is InChI=1S/C6H12N2O2/c1-6(2-9-3-6)4-10-5-8-7/h5H,2-4,7H2,1H3/b8-5+. The highest BCUT2D eigenvalue weighted by Gasteiger charge is 2.33. The molecule has 0 spiro atoms. The first kappa shape index (κ1) is 7.34. The van der Waals surface area contributed by atoms with E-state index >= 15 is 0 Å². The maximum absolute atomic E-state index is 5.01. The van der Waals surface area contributed by atoms with Crippen LogP contribution in [0.4, 0.5) is 0 Å². The van der Waals surface area contributed by atoms with Crippen LogP contribution in [0.25, 0.3) is 0 Å². The second kappa shape index (κ2) is 2.88. The van der Waals surface area contributed by atoms with Gasteiger partial charge < -0.3 is 15.3 Å². The van der Waals surface area contributed by atoms with Crippen LogP contribution >= 0.6 is 0 Å². The average molecular weight is 144 g/mol. The number of hydrazone groups is 1. The molecule has 0 aromatic rings. The molecule has 0 saturated carbocycles. The molecule has 10 heavy (non-hydrogen) atoms. The van der Waals surface area contributed by atoms with Crippen molar-refractivity contribution >= 4 is 6.40 Å². The van der Waals surface area contributed by atoms with E-state index in [-0.39, 0.29) is 5.41 Å². The van der Waals surface area contributed by atoms with Gasteiger partial charge in [-0.3, -0.25) is 0 Å². The van der Waals surface area contributed by atoms with E-state index in [4.69, 9.17) is 15.3 Å². The smallest absolute Gasteiger partial charge is 0.192 e. The first-order valence-electron chi connectivity index (χ1n) is 3.18. The van der Waals surface area contributed by atoms with Crippen LogP contribution in [0.5, 0.6) is 0 Å². The molecule has 4 heteroatoms. The van der Waals surface area contributed by atoms with Gasteiger partial charge in [-0.15, -0.1) is 0 Å². The fourth-order valence-electron chi connectivity index (χ4n) is 0.815. The maximum atomic E-state index is 5.01. The van der Waals surface area contributed by atoms with Crippen LogP contribution in [0.15, 0.2) is 5.10 Å². The Morgan fingerprint density at radius 3 is 2.90 bits per heavy atom. The summed E-state index contributed by atoms with van der Waals surface area (Å²) < 4.78 is 10.0. The SMILES string of the molecule is CC1(CO/C=N/N)COC1. The van der Waals surface area contributed by atoms with E-state index in [2.05, 4.69) is 12.0 Å². The Bertz CT molecular complexity index is 132. The largest absolute Gasteiger partial charge is 0.481 e. The molecule has 58 valence electrons. The van der Waals surface area contributed by atoms with Gasteiger partial charge in [0.15, 0.2) is 6.40 Å². The number of hydrogen-bond acceptors (Lipinski definition) is 4. The van der Waals surface area contributed by atoms with Gasteiger partial charge in [0.05, 0.1) is 19.8 Å². The predicted molar refractivity (Wildman–Crippen MR) is 37.6 cm³/mol. The van der Waals surface area contributed by atoms with Gasteiger partial charge >= 0.3 is 0 Å². The fourth-order valence-corrected chi connectivity index (χ4v) is 0.815. The van der Waals surface area contributed by atoms with E-state index in [0.717, 1.165) is 13.2 Å². The van der Waals surface area contributed by atoms with Crippen molar-refractivity contribution < 1.29 is 9.47 Å². The zero-order valence-corrected chi connectivity index (χ0v) is 6.04. The second-order valence-electron chi connectivity index (χ2n) is 2.87. The fraction of sp³-hybridized carbons (Fsp3) is 0.833. The monoisotopic (exact) mass is 144 g/mol. The summed E-state index contributed by atoms with van der Waals surface area (Å²) in [6.45, 7) is 4.27. The normalized spacial score (nSPS) is 22.5. The van der Waals surface area contributed by atoms with E-state index in [1.54, 1.807) is 0 Å². The first-order chi connectivity index (χ1) is 4.77. The zero-order chi connectivity index (χ0) is 7.45. The van der Waals surface area contributed by atoms with Gasteiger partial charge in [-0.25, -0.2) is 0 Å². The van der Waals surface area contributed by atoms with Crippen molar-refractivity contribution in [3.05, 3.63) is 0 Å². The van der Waals surface area contributed by atoms with Gasteiger partial charge in [-0.1, -0.05) is 6.92 Å². The van der Waals surface area contributed by atoms with Crippen molar-refractivity contribution in [3.8, 4) is 0 Å². The van der Waals surface area contributed by atoms with Gasteiger partial charge in [-0.05, 0) is 0 Å². The summed E-state index contributed by atoms with van der Waals surface area (Å²) in [6, 6.07) is 0. The third kappa shape index (κ3) is 1.60. The summed E-state index contributed by atoms with van der Waals surface area (Å²) in [7, 11) is 0. The maximum Gasteiger partial charge on any atom is 0.192 e. The van der Waals surface area contributed by atoms with Crippen LogP contribution < -0.4 is 5.84 Å². The molecular weight excluding hydrogens is 132 g/mol. The van der Waals surface area contributed by atoms with E-state index in [1.165, 1.54) is 6.40 Å². The summed E-state index contributed by atoms with van der Waals surface area (Å²) in [5.41, 5.74) is 0.182. The second-order valence-corrected chi connectivity index (χ2v) is 2.87. The molecule has 0 amide bonds. The number of rotatable bonds is 3. The van der Waals surface area contributed by atoms with Crippen molar-refractivity contribution in [1.29, 1.82) is 0 Å². The minimum absolute atomic E-state index is 0.182. The zero-order valence-electron chi connectivity index (χ0n) is 6.04. The van der Waals surface area contributed by atoms with Crippen molar-refractivity contribution in [2.75, 3.05) is 19.8 Å². The highest BCUT2D eigenvalue weighted by Crippen LogP contribution is 2.25. The molecule has 0 unspecified atom stereocenters. The minimum atomic E-state index is 0.182. The molecule has 0 aromatic carbocycles. The van der Waals surface area contributed by atoms with Gasteiger partial charge in [0, 0.05) is 5.41 Å². The van der Waals surface area contributed by atoms with Crippen molar-refractivity contribution in [2.45, 2.75) is 6.92 Å². The molecule has 1 aliphatic heterocycles. The van der Waals surface area contributed by atoms with E-state index in [1.807, 2.05) is 0 Å². The van der Waals surface area contributed by atoms with Crippen LogP contribution in [0.2, 0.25) is 0 Å². The lowest BCUT2D eigenvalue weighted by molar-refractivity contribution is -0.121. The summed E-state index contributed by atoms with van der Waals surface area (Å²) in [6.07, 6.45) is 1.25. The Morgan fingerprint density at radius 2 is 2.50 bits per heavy atom. The molecular formula is C6H12N2O2. The minimum Gasteiger partial charge on any atom is -0.481 e. The number of nitrogens with two attached hydrogens (primary N) is 1. The van der Waals surface area contributed by atoms with Crippen LogP contribution in [0, 0.1) is 5.41 Å². The van der Waals surface area contributed by atoms with Gasteiger partial charge in [0.1, 0.15) is 0 Å². The summed E-state index contributed by atoms with van der Waals surface area (Å²) >= 11 is 0.